The number of hydrogen-bond donors (Lipinski definition) is 2. The van der Waals surface area contributed by atoms with Gasteiger partial charge in [-0.15, -0.1) is 0 Å². The van der Waals surface area contributed by atoms with Crippen LogP contribution in [0.15, 0.2) is 0 Å². The molecule has 0 fully saturated rings. The summed E-state index contributed by atoms with van der Waals surface area (Å²) in [6.45, 7) is 2.54. The third-order valence-corrected chi connectivity index (χ3v) is 3.45. The Balaban J connectivity index is -0.00000200. The van der Waals surface area contributed by atoms with Gasteiger partial charge < -0.3 is 14.9 Å². The zero-order valence-corrected chi connectivity index (χ0v) is 16.7. The van der Waals surface area contributed by atoms with Gasteiger partial charge in [-0.3, -0.25) is 4.79 Å². The molecule has 0 saturated carbocycles. The summed E-state index contributed by atoms with van der Waals surface area (Å²) in [6, 6.07) is 0. The van der Waals surface area contributed by atoms with Gasteiger partial charge in [0.15, 0.2) is 6.10 Å². The van der Waals surface area contributed by atoms with Gasteiger partial charge in [0, 0.05) is 51.4 Å². The summed E-state index contributed by atoms with van der Waals surface area (Å²) in [5.41, 5.74) is 0. The Hall–Kier alpha value is 0.381. The molecule has 0 amide bonds. The summed E-state index contributed by atoms with van der Waals surface area (Å²) in [7, 11) is 0. The maximum atomic E-state index is 10.8. The van der Waals surface area contributed by atoms with Crippen molar-refractivity contribution in [2.75, 3.05) is 6.61 Å². The monoisotopic (exact) mass is 516 g/mol. The van der Waals surface area contributed by atoms with E-state index in [0.29, 0.717) is 6.61 Å². The minimum Gasteiger partial charge on any atom is -0.481 e. The Morgan fingerprint density at radius 1 is 0.826 bits per heavy atom. The fourth-order valence-electron chi connectivity index (χ4n) is 2.19. The first-order valence-electron chi connectivity index (χ1n) is 8.14. The van der Waals surface area contributed by atoms with E-state index in [4.69, 9.17) is 14.9 Å². The van der Waals surface area contributed by atoms with E-state index in [-0.39, 0.29) is 44.8 Å². The minimum absolute atomic E-state index is 0. The Labute approximate surface area is 171 Å². The third kappa shape index (κ3) is 20.3. The summed E-state index contributed by atoms with van der Waals surface area (Å²) in [5, 5.41) is 17.4. The Bertz CT molecular complexity index is 288. The number of rotatable bonds is 15. The van der Waals surface area contributed by atoms with Gasteiger partial charge in [0.25, 0.3) is 0 Å². The first-order valence-corrected chi connectivity index (χ1v) is 8.14. The Kier molecular flexibility index (Phi) is 25.0. The topological polar surface area (TPSA) is 83.8 Å². The number of aliphatic carboxylic acids is 2. The van der Waals surface area contributed by atoms with Crippen molar-refractivity contribution in [2.45, 2.75) is 83.7 Å². The Morgan fingerprint density at radius 2 is 1.26 bits per heavy atom. The van der Waals surface area contributed by atoms with Crippen LogP contribution in [0.1, 0.15) is 77.6 Å². The van der Waals surface area contributed by atoms with Gasteiger partial charge in [-0.2, -0.15) is 0 Å². The van der Waals surface area contributed by atoms with E-state index < -0.39 is 24.5 Å². The molecule has 2 N–H and O–H groups in total. The number of hydrogen-bond acceptors (Lipinski definition) is 3. The average Bonchev–Trinajstić information content (AvgIpc) is 2.42. The largest absolute Gasteiger partial charge is 0.481 e. The number of carboxylic acid groups (broad SMARTS) is 2. The van der Waals surface area contributed by atoms with E-state index in [1.807, 2.05) is 0 Å². The smallest absolute Gasteiger partial charge is 0.333 e. The van der Waals surface area contributed by atoms with Gasteiger partial charge in [-0.05, 0) is 6.42 Å². The van der Waals surface area contributed by atoms with E-state index in [1.54, 1.807) is 0 Å². The molecule has 23 heavy (non-hydrogen) atoms. The van der Waals surface area contributed by atoms with Crippen LogP contribution in [0, 0.1) is 0 Å². The standard InChI is InChI=1S/C16H30O5.2Ag/c1-2-3-4-5-6-7-8-9-10-11-12-21-14(16(19)20)13-15(17)18;;/h14H,2-13H2,1H3,(H,17,18)(H,19,20);;. The summed E-state index contributed by atoms with van der Waals surface area (Å²) >= 11 is 0. The molecule has 1 atom stereocenters. The van der Waals surface area contributed by atoms with Gasteiger partial charge >= 0.3 is 11.9 Å². The van der Waals surface area contributed by atoms with Crippen molar-refractivity contribution in [3.05, 3.63) is 0 Å². The van der Waals surface area contributed by atoms with Crippen molar-refractivity contribution in [3.8, 4) is 0 Å². The van der Waals surface area contributed by atoms with Crippen LogP contribution in [0.2, 0.25) is 0 Å². The first kappa shape index (κ1) is 28.2. The molecular weight excluding hydrogens is 488 g/mol. The Morgan fingerprint density at radius 3 is 1.65 bits per heavy atom. The number of carboxylic acids is 2. The van der Waals surface area contributed by atoms with Gasteiger partial charge in [-0.1, -0.05) is 64.7 Å². The van der Waals surface area contributed by atoms with Crippen molar-refractivity contribution in [2.24, 2.45) is 0 Å². The predicted octanol–water partition coefficient (Wildman–Crippen LogP) is 3.85. The molecule has 0 bridgehead atoms. The quantitative estimate of drug-likeness (QED) is 0.255. The predicted molar refractivity (Wildman–Crippen MR) is 81.5 cm³/mol. The van der Waals surface area contributed by atoms with E-state index in [0.717, 1.165) is 19.3 Å². The van der Waals surface area contributed by atoms with Crippen LogP contribution in [-0.2, 0) is 59.1 Å². The van der Waals surface area contributed by atoms with Gasteiger partial charge in [0.05, 0.1) is 6.42 Å². The normalized spacial score (nSPS) is 11.2. The molecule has 0 aromatic heterocycles. The first-order chi connectivity index (χ1) is 10.1. The molecule has 1 unspecified atom stereocenters. The molecule has 5 nitrogen and oxygen atoms in total. The van der Waals surface area contributed by atoms with E-state index in [1.165, 1.54) is 44.9 Å². The van der Waals surface area contributed by atoms with Gasteiger partial charge in [0.1, 0.15) is 0 Å². The van der Waals surface area contributed by atoms with Crippen molar-refractivity contribution in [3.63, 3.8) is 0 Å². The molecule has 0 aromatic rings. The SMILES string of the molecule is CCCCCCCCCCCCOC(CC(=O)O)C(=O)O.[Ag].[Ag]. The van der Waals surface area contributed by atoms with Crippen LogP contribution in [0.4, 0.5) is 0 Å². The maximum absolute atomic E-state index is 10.8. The maximum Gasteiger partial charge on any atom is 0.333 e. The fraction of sp³-hybridized carbons (Fsp3) is 0.875. The van der Waals surface area contributed by atoms with Crippen LogP contribution < -0.4 is 0 Å². The van der Waals surface area contributed by atoms with Gasteiger partial charge in [-0.25, -0.2) is 4.79 Å². The molecule has 0 heterocycles. The average molecular weight is 518 g/mol. The molecule has 0 aromatic carbocycles. The molecule has 0 aliphatic carbocycles. The van der Waals surface area contributed by atoms with Crippen molar-refractivity contribution < 1.29 is 69.3 Å². The zero-order chi connectivity index (χ0) is 15.9. The summed E-state index contributed by atoms with van der Waals surface area (Å²) in [5.74, 6) is -2.35. The summed E-state index contributed by atoms with van der Waals surface area (Å²) in [4.78, 5) is 21.2. The number of unbranched alkanes of at least 4 members (excludes halogenated alkanes) is 9. The second kappa shape index (κ2) is 20.4. The molecule has 2 radical (unpaired) electrons. The second-order valence-electron chi connectivity index (χ2n) is 5.48. The number of carbonyl (C=O) groups is 2. The molecule has 146 valence electrons. The van der Waals surface area contributed by atoms with Crippen molar-refractivity contribution in [1.82, 2.24) is 0 Å². The van der Waals surface area contributed by atoms with Crippen molar-refractivity contribution >= 4 is 11.9 Å². The number of ether oxygens (including phenoxy) is 1. The molecular formula is C16H30Ag2O5. The molecule has 0 aliphatic heterocycles. The van der Waals surface area contributed by atoms with Crippen LogP contribution >= 0.6 is 0 Å². The van der Waals surface area contributed by atoms with Crippen molar-refractivity contribution in [1.29, 1.82) is 0 Å². The molecule has 0 rings (SSSR count). The van der Waals surface area contributed by atoms with Crippen LogP contribution in [0.25, 0.3) is 0 Å². The van der Waals surface area contributed by atoms with E-state index in [2.05, 4.69) is 6.92 Å². The fourth-order valence-corrected chi connectivity index (χ4v) is 2.19. The van der Waals surface area contributed by atoms with E-state index in [9.17, 15) is 9.59 Å². The summed E-state index contributed by atoms with van der Waals surface area (Å²) < 4.78 is 5.11. The molecule has 7 heteroatoms. The van der Waals surface area contributed by atoms with Crippen LogP contribution in [-0.4, -0.2) is 34.9 Å². The molecule has 0 aliphatic rings. The second-order valence-corrected chi connectivity index (χ2v) is 5.48. The van der Waals surface area contributed by atoms with Gasteiger partial charge in [0.2, 0.25) is 0 Å². The molecule has 0 spiro atoms. The third-order valence-electron chi connectivity index (χ3n) is 3.45. The summed E-state index contributed by atoms with van der Waals surface area (Å²) in [6.07, 6.45) is 10.3. The molecule has 0 saturated heterocycles. The zero-order valence-electron chi connectivity index (χ0n) is 13.8. The minimum atomic E-state index is -1.22. The van der Waals surface area contributed by atoms with Crippen LogP contribution in [0.5, 0.6) is 0 Å². The van der Waals surface area contributed by atoms with Crippen LogP contribution in [0.3, 0.4) is 0 Å². The van der Waals surface area contributed by atoms with E-state index >= 15 is 0 Å².